The van der Waals surface area contributed by atoms with Crippen molar-refractivity contribution in [3.8, 4) is 0 Å². The van der Waals surface area contributed by atoms with Crippen LogP contribution < -0.4 is 10.0 Å². The summed E-state index contributed by atoms with van der Waals surface area (Å²) in [6.07, 6.45) is -4.76. The topological polar surface area (TPSA) is 58.2 Å². The molecule has 2 N–H and O–H groups in total. The molecule has 0 fully saturated rings. The molecule has 0 atom stereocenters. The Hall–Kier alpha value is -2.19. The largest absolute Gasteiger partial charge is 0.416 e. The maximum Gasteiger partial charge on any atom is 0.416 e. The van der Waals surface area contributed by atoms with Gasteiger partial charge in [-0.15, -0.1) is 0 Å². The van der Waals surface area contributed by atoms with Gasteiger partial charge in [0.05, 0.1) is 22.0 Å². The lowest BCUT2D eigenvalue weighted by atomic mass is 10.2. The first-order valence-electron chi connectivity index (χ1n) is 8.39. The van der Waals surface area contributed by atoms with Gasteiger partial charge in [-0.2, -0.15) is 13.2 Å². The van der Waals surface area contributed by atoms with Gasteiger partial charge in [0.2, 0.25) is 0 Å². The van der Waals surface area contributed by atoms with Gasteiger partial charge in [0.25, 0.3) is 10.0 Å². The quantitative estimate of drug-likeness (QED) is 0.245. The van der Waals surface area contributed by atoms with E-state index in [2.05, 4.69) is 5.32 Å². The minimum Gasteiger partial charge on any atom is -0.349 e. The van der Waals surface area contributed by atoms with Crippen LogP contribution in [0.3, 0.4) is 0 Å². The predicted octanol–water partition coefficient (Wildman–Crippen LogP) is 6.93. The average molecular weight is 607 g/mol. The Labute approximate surface area is 196 Å². The van der Waals surface area contributed by atoms with Crippen LogP contribution in [0.1, 0.15) is 5.56 Å². The van der Waals surface area contributed by atoms with Crippen LogP contribution in [0.15, 0.2) is 53.4 Å². The lowest BCUT2D eigenvalue weighted by molar-refractivity contribution is -0.137. The first-order valence-corrected chi connectivity index (χ1v) is 11.3. The fourth-order valence-electron chi connectivity index (χ4n) is 2.58. The molecule has 0 saturated carbocycles. The van der Waals surface area contributed by atoms with E-state index in [9.17, 15) is 34.8 Å². The highest BCUT2D eigenvalue weighted by molar-refractivity contribution is 14.1. The summed E-state index contributed by atoms with van der Waals surface area (Å²) in [5, 5.41) is 1.55. The van der Waals surface area contributed by atoms with Crippen molar-refractivity contribution in [2.75, 3.05) is 10.0 Å². The van der Waals surface area contributed by atoms with E-state index < -0.39 is 60.5 Å². The molecular formula is C19H10ClF6IN2O2S. The van der Waals surface area contributed by atoms with Crippen molar-refractivity contribution in [1.82, 2.24) is 0 Å². The molecule has 0 saturated heterocycles. The fourth-order valence-corrected chi connectivity index (χ4v) is 4.65. The van der Waals surface area contributed by atoms with Gasteiger partial charge in [-0.3, -0.25) is 4.72 Å². The number of halogens is 8. The molecule has 0 heterocycles. The van der Waals surface area contributed by atoms with Crippen LogP contribution in [0.25, 0.3) is 0 Å². The van der Waals surface area contributed by atoms with Crippen LogP contribution in [0.2, 0.25) is 5.02 Å². The van der Waals surface area contributed by atoms with E-state index in [0.717, 1.165) is 12.1 Å². The van der Waals surface area contributed by atoms with E-state index in [1.807, 2.05) is 27.3 Å². The minimum absolute atomic E-state index is 0.275. The van der Waals surface area contributed by atoms with E-state index in [-0.39, 0.29) is 5.69 Å². The minimum atomic E-state index is -4.76. The molecule has 3 aromatic carbocycles. The molecule has 32 heavy (non-hydrogen) atoms. The second-order valence-corrected chi connectivity index (χ2v) is 9.59. The normalized spacial score (nSPS) is 12.0. The lowest BCUT2D eigenvalue weighted by Gasteiger charge is -2.17. The Morgan fingerprint density at radius 1 is 0.875 bits per heavy atom. The summed E-state index contributed by atoms with van der Waals surface area (Å²) in [7, 11) is -4.64. The predicted molar refractivity (Wildman–Crippen MR) is 116 cm³/mol. The highest BCUT2D eigenvalue weighted by atomic mass is 127. The summed E-state index contributed by atoms with van der Waals surface area (Å²) in [5.74, 6) is -3.68. The molecule has 0 aliphatic rings. The second-order valence-electron chi connectivity index (χ2n) is 6.28. The molecule has 0 bridgehead atoms. The van der Waals surface area contributed by atoms with Crippen molar-refractivity contribution in [2.45, 2.75) is 11.1 Å². The van der Waals surface area contributed by atoms with Gasteiger partial charge < -0.3 is 5.32 Å². The van der Waals surface area contributed by atoms with Crippen LogP contribution in [0, 0.1) is 21.0 Å². The van der Waals surface area contributed by atoms with Gasteiger partial charge in [-0.25, -0.2) is 21.6 Å². The Kier molecular flexibility index (Phi) is 6.86. The van der Waals surface area contributed by atoms with Crippen molar-refractivity contribution in [2.24, 2.45) is 0 Å². The SMILES string of the molecule is O=S(=O)(Nc1ccc(F)c(F)c1Nc1ccc(I)cc1F)c1ccc(C(F)(F)F)cc1Cl. The number of alkyl halides is 3. The third-order valence-electron chi connectivity index (χ3n) is 4.08. The third kappa shape index (κ3) is 5.23. The monoisotopic (exact) mass is 606 g/mol. The number of sulfonamides is 1. The van der Waals surface area contributed by atoms with Crippen LogP contribution in [0.5, 0.6) is 0 Å². The van der Waals surface area contributed by atoms with Crippen molar-refractivity contribution in [3.63, 3.8) is 0 Å². The van der Waals surface area contributed by atoms with Gasteiger partial charge in [0.15, 0.2) is 11.6 Å². The van der Waals surface area contributed by atoms with Crippen molar-refractivity contribution >= 4 is 61.3 Å². The van der Waals surface area contributed by atoms with Gasteiger partial charge >= 0.3 is 6.18 Å². The smallest absolute Gasteiger partial charge is 0.349 e. The Balaban J connectivity index is 2.03. The molecule has 0 unspecified atom stereocenters. The van der Waals surface area contributed by atoms with E-state index in [1.165, 1.54) is 12.1 Å². The molecule has 0 aromatic heterocycles. The van der Waals surface area contributed by atoms with E-state index >= 15 is 0 Å². The molecule has 0 radical (unpaired) electrons. The molecule has 4 nitrogen and oxygen atoms in total. The molecule has 13 heteroatoms. The first-order chi connectivity index (χ1) is 14.8. The third-order valence-corrected chi connectivity index (χ3v) is 6.60. The maximum atomic E-state index is 14.5. The summed E-state index contributed by atoms with van der Waals surface area (Å²) in [4.78, 5) is -0.733. The number of anilines is 3. The first kappa shape index (κ1) is 24.5. The molecule has 3 aromatic rings. The van der Waals surface area contributed by atoms with E-state index in [0.29, 0.717) is 27.8 Å². The van der Waals surface area contributed by atoms with Crippen LogP contribution in [-0.2, 0) is 16.2 Å². The highest BCUT2D eigenvalue weighted by Crippen LogP contribution is 2.36. The summed E-state index contributed by atoms with van der Waals surface area (Å²) in [5.41, 5.74) is -2.72. The number of rotatable bonds is 5. The van der Waals surface area contributed by atoms with Gasteiger partial charge in [0, 0.05) is 3.57 Å². The lowest BCUT2D eigenvalue weighted by Crippen LogP contribution is -2.16. The number of hydrogen-bond donors (Lipinski definition) is 2. The Morgan fingerprint density at radius 3 is 2.12 bits per heavy atom. The number of benzene rings is 3. The van der Waals surface area contributed by atoms with Gasteiger partial charge in [-0.05, 0) is 71.1 Å². The van der Waals surface area contributed by atoms with Gasteiger partial charge in [0.1, 0.15) is 16.4 Å². The zero-order valence-corrected chi connectivity index (χ0v) is 19.1. The zero-order valence-electron chi connectivity index (χ0n) is 15.4. The molecule has 0 aliphatic heterocycles. The van der Waals surface area contributed by atoms with E-state index in [1.54, 1.807) is 0 Å². The fraction of sp³-hybridized carbons (Fsp3) is 0.0526. The molecule has 0 aliphatic carbocycles. The molecule has 0 amide bonds. The molecular weight excluding hydrogens is 597 g/mol. The van der Waals surface area contributed by atoms with E-state index in [4.69, 9.17) is 11.6 Å². The number of hydrogen-bond acceptors (Lipinski definition) is 3. The highest BCUT2D eigenvalue weighted by Gasteiger charge is 2.32. The summed E-state index contributed by atoms with van der Waals surface area (Å²) < 4.78 is 109. The zero-order chi connectivity index (χ0) is 23.8. The van der Waals surface area contributed by atoms with Crippen molar-refractivity contribution in [1.29, 1.82) is 0 Å². The van der Waals surface area contributed by atoms with Crippen LogP contribution >= 0.6 is 34.2 Å². The van der Waals surface area contributed by atoms with Gasteiger partial charge in [-0.1, -0.05) is 11.6 Å². The Bertz CT molecular complexity index is 1300. The number of nitrogens with one attached hydrogen (secondary N) is 2. The van der Waals surface area contributed by atoms with Crippen LogP contribution in [0.4, 0.5) is 43.4 Å². The second kappa shape index (κ2) is 8.98. The molecule has 170 valence electrons. The summed E-state index contributed by atoms with van der Waals surface area (Å²) >= 11 is 7.56. The average Bonchev–Trinajstić information content (AvgIpc) is 2.68. The molecule has 3 rings (SSSR count). The summed E-state index contributed by atoms with van der Waals surface area (Å²) in [6.45, 7) is 0. The van der Waals surface area contributed by atoms with Crippen molar-refractivity contribution in [3.05, 3.63) is 80.1 Å². The van der Waals surface area contributed by atoms with Crippen molar-refractivity contribution < 1.29 is 34.8 Å². The standard InChI is InChI=1S/C19H10ClF6IN2O2S/c20-11-7-9(19(24,25)26)1-6-16(11)32(30,31)29-15-5-3-12(21)17(23)18(15)28-14-4-2-10(27)8-13(14)22/h1-8,28-29H. The van der Waals surface area contributed by atoms with Crippen LogP contribution in [-0.4, -0.2) is 8.42 Å². The molecule has 0 spiro atoms. The summed E-state index contributed by atoms with van der Waals surface area (Å²) in [6, 6.07) is 6.83. The Morgan fingerprint density at radius 2 is 1.53 bits per heavy atom. The maximum absolute atomic E-state index is 14.5.